The van der Waals surface area contributed by atoms with Crippen LogP contribution in [0, 0.1) is 5.82 Å². The minimum Gasteiger partial charge on any atom is -0.368 e. The first-order valence-electron chi connectivity index (χ1n) is 6.85. The van der Waals surface area contributed by atoms with Gasteiger partial charge in [0, 0.05) is 29.7 Å². The Balaban J connectivity index is 1.99. The molecule has 4 heteroatoms. The number of benzene rings is 2. The Morgan fingerprint density at radius 1 is 1.10 bits per heavy atom. The van der Waals surface area contributed by atoms with Crippen molar-refractivity contribution in [3.63, 3.8) is 0 Å². The maximum atomic E-state index is 13.9. The van der Waals surface area contributed by atoms with Gasteiger partial charge in [-0.1, -0.05) is 30.3 Å². The summed E-state index contributed by atoms with van der Waals surface area (Å²) in [4.78, 5) is 3.10. The Morgan fingerprint density at radius 2 is 1.81 bits per heavy atom. The quantitative estimate of drug-likeness (QED) is 0.785. The molecular weight excluding hydrogens is 283 g/mol. The standard InChI is InChI=1S/C17H17FN2S/c1-20(15-8-4-3-7-14(15)18)11-13-12-6-2-5-9-16(12)21-17(13)10-19/h2-9H,10-11,19H2,1H3. The number of hydrogen-bond acceptors (Lipinski definition) is 3. The Morgan fingerprint density at radius 3 is 2.57 bits per heavy atom. The zero-order valence-electron chi connectivity index (χ0n) is 11.8. The summed E-state index contributed by atoms with van der Waals surface area (Å²) in [5.74, 6) is -0.200. The van der Waals surface area contributed by atoms with Crippen molar-refractivity contribution >= 4 is 27.1 Å². The van der Waals surface area contributed by atoms with Crippen LogP contribution in [0.1, 0.15) is 10.4 Å². The van der Waals surface area contributed by atoms with E-state index in [9.17, 15) is 4.39 Å². The van der Waals surface area contributed by atoms with Gasteiger partial charge in [-0.3, -0.25) is 0 Å². The molecule has 1 heterocycles. The minimum absolute atomic E-state index is 0.200. The lowest BCUT2D eigenvalue weighted by molar-refractivity contribution is 0.622. The van der Waals surface area contributed by atoms with Crippen molar-refractivity contribution in [3.05, 3.63) is 64.8 Å². The molecule has 0 saturated carbocycles. The number of nitrogens with two attached hydrogens (primary N) is 1. The van der Waals surface area contributed by atoms with Crippen molar-refractivity contribution < 1.29 is 4.39 Å². The predicted octanol–water partition coefficient (Wildman–Crippen LogP) is 4.14. The van der Waals surface area contributed by atoms with E-state index in [4.69, 9.17) is 5.73 Å². The molecule has 0 radical (unpaired) electrons. The monoisotopic (exact) mass is 300 g/mol. The second kappa shape index (κ2) is 5.84. The molecule has 0 fully saturated rings. The van der Waals surface area contributed by atoms with Crippen LogP contribution in [0.3, 0.4) is 0 Å². The zero-order chi connectivity index (χ0) is 14.8. The van der Waals surface area contributed by atoms with E-state index in [2.05, 4.69) is 12.1 Å². The molecule has 2 N–H and O–H groups in total. The summed E-state index contributed by atoms with van der Waals surface area (Å²) in [6.45, 7) is 1.16. The van der Waals surface area contributed by atoms with Gasteiger partial charge in [-0.25, -0.2) is 4.39 Å². The molecule has 2 nitrogen and oxygen atoms in total. The molecule has 1 aromatic heterocycles. The van der Waals surface area contributed by atoms with Crippen LogP contribution in [0.15, 0.2) is 48.5 Å². The molecule has 3 aromatic rings. The van der Waals surface area contributed by atoms with Crippen LogP contribution >= 0.6 is 11.3 Å². The summed E-state index contributed by atoms with van der Waals surface area (Å²) < 4.78 is 15.1. The predicted molar refractivity (Wildman–Crippen MR) is 88.2 cm³/mol. The van der Waals surface area contributed by atoms with Crippen molar-refractivity contribution in [1.29, 1.82) is 0 Å². The molecule has 0 aliphatic heterocycles. The molecule has 0 aliphatic carbocycles. The van der Waals surface area contributed by atoms with Crippen molar-refractivity contribution in [3.8, 4) is 0 Å². The third-order valence-electron chi connectivity index (χ3n) is 3.63. The maximum Gasteiger partial charge on any atom is 0.146 e. The number of nitrogens with zero attached hydrogens (tertiary/aromatic N) is 1. The molecule has 0 aliphatic rings. The molecule has 0 atom stereocenters. The number of fused-ring (bicyclic) bond motifs is 1. The van der Waals surface area contributed by atoms with Crippen LogP contribution in [-0.4, -0.2) is 7.05 Å². The van der Waals surface area contributed by atoms with E-state index < -0.39 is 0 Å². The third kappa shape index (κ3) is 2.64. The lowest BCUT2D eigenvalue weighted by Crippen LogP contribution is -2.18. The van der Waals surface area contributed by atoms with Gasteiger partial charge < -0.3 is 10.6 Å². The van der Waals surface area contributed by atoms with Gasteiger partial charge in [-0.2, -0.15) is 0 Å². The normalized spacial score (nSPS) is 11.0. The zero-order valence-corrected chi connectivity index (χ0v) is 12.7. The number of rotatable bonds is 4. The third-order valence-corrected chi connectivity index (χ3v) is 4.86. The van der Waals surface area contributed by atoms with Crippen molar-refractivity contribution in [2.75, 3.05) is 11.9 Å². The highest BCUT2D eigenvalue weighted by atomic mass is 32.1. The van der Waals surface area contributed by atoms with E-state index in [-0.39, 0.29) is 5.82 Å². The summed E-state index contributed by atoms with van der Waals surface area (Å²) in [5, 5.41) is 1.21. The lowest BCUT2D eigenvalue weighted by atomic mass is 10.1. The van der Waals surface area contributed by atoms with Gasteiger partial charge in [0.1, 0.15) is 5.82 Å². The number of hydrogen-bond donors (Lipinski definition) is 1. The van der Waals surface area contributed by atoms with Crippen molar-refractivity contribution in [2.45, 2.75) is 13.1 Å². The van der Waals surface area contributed by atoms with Gasteiger partial charge in [-0.15, -0.1) is 11.3 Å². The van der Waals surface area contributed by atoms with Crippen LogP contribution in [0.25, 0.3) is 10.1 Å². The van der Waals surface area contributed by atoms with Crippen LogP contribution in [0.2, 0.25) is 0 Å². The fourth-order valence-corrected chi connectivity index (χ4v) is 3.67. The number of thiophene rings is 1. The molecule has 0 amide bonds. The number of para-hydroxylation sites is 1. The van der Waals surface area contributed by atoms with E-state index in [0.29, 0.717) is 18.8 Å². The Bertz CT molecular complexity index is 766. The molecule has 3 rings (SSSR count). The summed E-state index contributed by atoms with van der Waals surface area (Å²) in [6, 6.07) is 15.1. The highest BCUT2D eigenvalue weighted by Gasteiger charge is 2.14. The average molecular weight is 300 g/mol. The smallest absolute Gasteiger partial charge is 0.146 e. The van der Waals surface area contributed by atoms with Gasteiger partial charge in [0.25, 0.3) is 0 Å². The second-order valence-corrected chi connectivity index (χ2v) is 6.15. The first kappa shape index (κ1) is 14.0. The van der Waals surface area contributed by atoms with E-state index in [1.807, 2.05) is 30.1 Å². The molecule has 0 spiro atoms. The van der Waals surface area contributed by atoms with E-state index in [1.54, 1.807) is 23.5 Å². The van der Waals surface area contributed by atoms with E-state index in [0.717, 1.165) is 0 Å². The van der Waals surface area contributed by atoms with Crippen LogP contribution in [0.5, 0.6) is 0 Å². The highest BCUT2D eigenvalue weighted by molar-refractivity contribution is 7.19. The summed E-state index contributed by atoms with van der Waals surface area (Å²) in [7, 11) is 1.91. The molecule has 108 valence electrons. The van der Waals surface area contributed by atoms with E-state index >= 15 is 0 Å². The molecular formula is C17H17FN2S. The summed E-state index contributed by atoms with van der Waals surface area (Å²) in [5.41, 5.74) is 7.68. The van der Waals surface area contributed by atoms with Gasteiger partial charge in [0.2, 0.25) is 0 Å². The maximum absolute atomic E-state index is 13.9. The number of anilines is 1. The Hall–Kier alpha value is -1.91. The topological polar surface area (TPSA) is 29.3 Å². The van der Waals surface area contributed by atoms with Gasteiger partial charge in [0.05, 0.1) is 5.69 Å². The summed E-state index contributed by atoms with van der Waals surface area (Å²) in [6.07, 6.45) is 0. The molecule has 0 bridgehead atoms. The largest absolute Gasteiger partial charge is 0.368 e. The summed E-state index contributed by atoms with van der Waals surface area (Å²) >= 11 is 1.72. The minimum atomic E-state index is -0.200. The van der Waals surface area contributed by atoms with Crippen molar-refractivity contribution in [1.82, 2.24) is 0 Å². The van der Waals surface area contributed by atoms with E-state index in [1.165, 1.54) is 26.6 Å². The lowest BCUT2D eigenvalue weighted by Gasteiger charge is -2.20. The van der Waals surface area contributed by atoms with Crippen LogP contribution in [-0.2, 0) is 13.1 Å². The van der Waals surface area contributed by atoms with Crippen LogP contribution < -0.4 is 10.6 Å². The van der Waals surface area contributed by atoms with Crippen LogP contribution in [0.4, 0.5) is 10.1 Å². The molecule has 0 saturated heterocycles. The Labute approximate surface area is 127 Å². The van der Waals surface area contributed by atoms with Crippen molar-refractivity contribution in [2.24, 2.45) is 5.73 Å². The molecule has 2 aromatic carbocycles. The first-order chi connectivity index (χ1) is 10.2. The fraction of sp³-hybridized carbons (Fsp3) is 0.176. The number of halogens is 1. The SMILES string of the molecule is CN(Cc1c(CN)sc2ccccc12)c1ccccc1F. The highest BCUT2D eigenvalue weighted by Crippen LogP contribution is 2.32. The van der Waals surface area contributed by atoms with Gasteiger partial charge in [-0.05, 0) is 29.1 Å². The molecule has 21 heavy (non-hydrogen) atoms. The fourth-order valence-electron chi connectivity index (χ4n) is 2.57. The molecule has 0 unspecified atom stereocenters. The van der Waals surface area contributed by atoms with Gasteiger partial charge in [0.15, 0.2) is 0 Å². The Kier molecular flexibility index (Phi) is 3.90. The second-order valence-electron chi connectivity index (χ2n) is 5.01. The van der Waals surface area contributed by atoms with Gasteiger partial charge >= 0.3 is 0 Å². The first-order valence-corrected chi connectivity index (χ1v) is 7.67. The average Bonchev–Trinajstić information content (AvgIpc) is 2.86.